The van der Waals surface area contributed by atoms with Crippen molar-refractivity contribution in [3.05, 3.63) is 45.9 Å². The fourth-order valence-corrected chi connectivity index (χ4v) is 2.00. The molecule has 0 atom stereocenters. The third-order valence-corrected chi connectivity index (χ3v) is 3.09. The monoisotopic (exact) mass is 248 g/mol. The van der Waals surface area contributed by atoms with Crippen LogP contribution in [0.4, 0.5) is 5.69 Å². The van der Waals surface area contributed by atoms with Gasteiger partial charge in [-0.3, -0.25) is 4.98 Å². The smallest absolute Gasteiger partial charge is 0.340 e. The number of anilines is 1. The summed E-state index contributed by atoms with van der Waals surface area (Å²) >= 11 is 1.45. The molecule has 0 amide bonds. The van der Waals surface area contributed by atoms with Crippen LogP contribution in [0.2, 0.25) is 0 Å². The highest BCUT2D eigenvalue weighted by Crippen LogP contribution is 2.18. The second-order valence-electron chi connectivity index (χ2n) is 3.58. The van der Waals surface area contributed by atoms with E-state index >= 15 is 0 Å². The van der Waals surface area contributed by atoms with Crippen LogP contribution in [0.25, 0.3) is 0 Å². The molecule has 0 saturated carbocycles. The summed E-state index contributed by atoms with van der Waals surface area (Å²) in [5.41, 5.74) is 9.16. The molecule has 2 aromatic rings. The van der Waals surface area contributed by atoms with Gasteiger partial charge in [-0.25, -0.2) is 4.79 Å². The Morgan fingerprint density at radius 3 is 3.00 bits per heavy atom. The van der Waals surface area contributed by atoms with Gasteiger partial charge in [-0.2, -0.15) is 0 Å². The van der Waals surface area contributed by atoms with Gasteiger partial charge in [0, 0.05) is 11.9 Å². The van der Waals surface area contributed by atoms with Crippen molar-refractivity contribution in [2.24, 2.45) is 0 Å². The topological polar surface area (TPSA) is 65.2 Å². The summed E-state index contributed by atoms with van der Waals surface area (Å²) in [6.45, 7) is 2.07. The first-order valence-electron chi connectivity index (χ1n) is 5.08. The van der Waals surface area contributed by atoms with E-state index in [1.54, 1.807) is 17.8 Å². The molecule has 0 aliphatic heterocycles. The lowest BCUT2D eigenvalue weighted by Gasteiger charge is -2.08. The molecule has 0 saturated heterocycles. The SMILES string of the molecule is Cc1cccc(N)c1C(=O)OCc1cncs1. The molecule has 1 heterocycles. The highest BCUT2D eigenvalue weighted by Gasteiger charge is 2.14. The van der Waals surface area contributed by atoms with E-state index in [0.717, 1.165) is 10.4 Å². The molecule has 0 spiro atoms. The number of benzene rings is 1. The summed E-state index contributed by atoms with van der Waals surface area (Å²) < 4.78 is 5.19. The molecule has 2 rings (SSSR count). The minimum Gasteiger partial charge on any atom is -0.456 e. The summed E-state index contributed by atoms with van der Waals surface area (Å²) in [5.74, 6) is -0.394. The van der Waals surface area contributed by atoms with Crippen molar-refractivity contribution in [3.8, 4) is 0 Å². The summed E-state index contributed by atoms with van der Waals surface area (Å²) in [7, 11) is 0. The van der Waals surface area contributed by atoms with Crippen molar-refractivity contribution in [1.82, 2.24) is 4.98 Å². The van der Waals surface area contributed by atoms with Crippen LogP contribution in [0.3, 0.4) is 0 Å². The van der Waals surface area contributed by atoms with Crippen LogP contribution in [0.1, 0.15) is 20.8 Å². The Bertz CT molecular complexity index is 503. The normalized spacial score (nSPS) is 10.2. The van der Waals surface area contributed by atoms with E-state index in [0.29, 0.717) is 11.3 Å². The molecule has 2 N–H and O–H groups in total. The molecule has 0 aliphatic carbocycles. The number of rotatable bonds is 3. The fourth-order valence-electron chi connectivity index (χ4n) is 1.49. The van der Waals surface area contributed by atoms with Gasteiger partial charge in [0.05, 0.1) is 16.0 Å². The maximum atomic E-state index is 11.9. The van der Waals surface area contributed by atoms with Crippen LogP contribution in [-0.2, 0) is 11.3 Å². The van der Waals surface area contributed by atoms with Crippen molar-refractivity contribution in [2.75, 3.05) is 5.73 Å². The molecule has 1 aromatic carbocycles. The quantitative estimate of drug-likeness (QED) is 0.669. The predicted octanol–water partition coefficient (Wildman–Crippen LogP) is 2.39. The Labute approximate surface area is 103 Å². The molecule has 0 fully saturated rings. The molecule has 0 aliphatic rings. The second kappa shape index (κ2) is 4.97. The van der Waals surface area contributed by atoms with Crippen molar-refractivity contribution >= 4 is 23.0 Å². The minimum atomic E-state index is -0.394. The van der Waals surface area contributed by atoms with E-state index < -0.39 is 5.97 Å². The standard InChI is InChI=1S/C12H12N2O2S/c1-8-3-2-4-10(13)11(8)12(15)16-6-9-5-14-7-17-9/h2-5,7H,6,13H2,1H3. The lowest BCUT2D eigenvalue weighted by Crippen LogP contribution is -2.09. The van der Waals surface area contributed by atoms with Crippen LogP contribution in [0.5, 0.6) is 0 Å². The molecular weight excluding hydrogens is 236 g/mol. The number of hydrogen-bond acceptors (Lipinski definition) is 5. The largest absolute Gasteiger partial charge is 0.456 e. The van der Waals surface area contributed by atoms with Crippen LogP contribution in [0.15, 0.2) is 29.9 Å². The Morgan fingerprint density at radius 2 is 2.35 bits per heavy atom. The number of nitrogens with two attached hydrogens (primary N) is 1. The highest BCUT2D eigenvalue weighted by molar-refractivity contribution is 7.09. The fraction of sp³-hybridized carbons (Fsp3) is 0.167. The molecule has 0 unspecified atom stereocenters. The average Bonchev–Trinajstić information content (AvgIpc) is 2.79. The van der Waals surface area contributed by atoms with Crippen LogP contribution < -0.4 is 5.73 Å². The zero-order valence-electron chi connectivity index (χ0n) is 9.34. The molecule has 17 heavy (non-hydrogen) atoms. The summed E-state index contributed by atoms with van der Waals surface area (Å²) in [6.07, 6.45) is 1.68. The number of carbonyl (C=O) groups is 1. The Morgan fingerprint density at radius 1 is 1.53 bits per heavy atom. The highest BCUT2D eigenvalue weighted by atomic mass is 32.1. The zero-order chi connectivity index (χ0) is 12.3. The first-order valence-corrected chi connectivity index (χ1v) is 5.96. The number of hydrogen-bond donors (Lipinski definition) is 1. The summed E-state index contributed by atoms with van der Waals surface area (Å²) in [4.78, 5) is 16.7. The lowest BCUT2D eigenvalue weighted by atomic mass is 10.1. The number of esters is 1. The third kappa shape index (κ3) is 2.62. The number of nitrogens with zero attached hydrogens (tertiary/aromatic N) is 1. The molecule has 4 nitrogen and oxygen atoms in total. The van der Waals surface area contributed by atoms with Gasteiger partial charge in [-0.1, -0.05) is 12.1 Å². The molecule has 0 bridgehead atoms. The summed E-state index contributed by atoms with van der Waals surface area (Å²) in [5, 5.41) is 0. The van der Waals surface area contributed by atoms with Gasteiger partial charge in [0.2, 0.25) is 0 Å². The lowest BCUT2D eigenvalue weighted by molar-refractivity contribution is 0.0477. The molecular formula is C12H12N2O2S. The minimum absolute atomic E-state index is 0.233. The molecule has 0 radical (unpaired) electrons. The van der Waals surface area contributed by atoms with Crippen molar-refractivity contribution in [3.63, 3.8) is 0 Å². The van der Waals surface area contributed by atoms with E-state index in [-0.39, 0.29) is 6.61 Å². The first kappa shape index (κ1) is 11.6. The maximum Gasteiger partial charge on any atom is 0.340 e. The molecule has 5 heteroatoms. The van der Waals surface area contributed by atoms with Crippen LogP contribution >= 0.6 is 11.3 Å². The Balaban J connectivity index is 2.10. The second-order valence-corrected chi connectivity index (χ2v) is 4.55. The number of aryl methyl sites for hydroxylation is 1. The van der Waals surface area contributed by atoms with Crippen LogP contribution in [-0.4, -0.2) is 11.0 Å². The molecule has 88 valence electrons. The van der Waals surface area contributed by atoms with E-state index in [9.17, 15) is 4.79 Å². The van der Waals surface area contributed by atoms with Gasteiger partial charge in [-0.05, 0) is 18.6 Å². The first-order chi connectivity index (χ1) is 8.18. The van der Waals surface area contributed by atoms with E-state index in [1.165, 1.54) is 11.3 Å². The van der Waals surface area contributed by atoms with Gasteiger partial charge >= 0.3 is 5.97 Å². The Kier molecular flexibility index (Phi) is 3.39. The maximum absolute atomic E-state index is 11.9. The average molecular weight is 248 g/mol. The van der Waals surface area contributed by atoms with Gasteiger partial charge in [0.25, 0.3) is 0 Å². The number of nitrogen functional groups attached to an aromatic ring is 1. The number of thiazole rings is 1. The summed E-state index contributed by atoms with van der Waals surface area (Å²) in [6, 6.07) is 5.33. The molecule has 1 aromatic heterocycles. The predicted molar refractivity (Wildman–Crippen MR) is 66.8 cm³/mol. The van der Waals surface area contributed by atoms with Crippen molar-refractivity contribution in [1.29, 1.82) is 0 Å². The van der Waals surface area contributed by atoms with E-state index in [1.807, 2.05) is 19.1 Å². The number of ether oxygens (including phenoxy) is 1. The van der Waals surface area contributed by atoms with Gasteiger partial charge < -0.3 is 10.5 Å². The number of carbonyl (C=O) groups excluding carboxylic acids is 1. The van der Waals surface area contributed by atoms with Gasteiger partial charge in [-0.15, -0.1) is 11.3 Å². The number of aromatic nitrogens is 1. The van der Waals surface area contributed by atoms with E-state index in [4.69, 9.17) is 10.5 Å². The van der Waals surface area contributed by atoms with Gasteiger partial charge in [0.1, 0.15) is 6.61 Å². The van der Waals surface area contributed by atoms with Crippen molar-refractivity contribution in [2.45, 2.75) is 13.5 Å². The van der Waals surface area contributed by atoms with Gasteiger partial charge in [0.15, 0.2) is 0 Å². The Hall–Kier alpha value is -1.88. The zero-order valence-corrected chi connectivity index (χ0v) is 10.2. The third-order valence-electron chi connectivity index (χ3n) is 2.34. The van der Waals surface area contributed by atoms with E-state index in [2.05, 4.69) is 4.98 Å². The van der Waals surface area contributed by atoms with Crippen LogP contribution in [0, 0.1) is 6.92 Å². The van der Waals surface area contributed by atoms with Crippen molar-refractivity contribution < 1.29 is 9.53 Å².